The van der Waals surface area contributed by atoms with Crippen LogP contribution in [-0.2, 0) is 0 Å². The van der Waals surface area contributed by atoms with Crippen molar-refractivity contribution in [3.63, 3.8) is 0 Å². The van der Waals surface area contributed by atoms with Crippen LogP contribution in [-0.4, -0.2) is 0 Å². The molecular formula is C15H26N2O. The van der Waals surface area contributed by atoms with E-state index in [-0.39, 0.29) is 6.04 Å². The molecule has 1 heterocycles. The van der Waals surface area contributed by atoms with Gasteiger partial charge in [-0.15, -0.1) is 0 Å². The maximum Gasteiger partial charge on any atom is 0.0950 e. The van der Waals surface area contributed by atoms with Crippen LogP contribution in [0.25, 0.3) is 0 Å². The molecule has 1 fully saturated rings. The number of nitrogens with one attached hydrogen (secondary N) is 1. The molecular weight excluding hydrogens is 224 g/mol. The van der Waals surface area contributed by atoms with Gasteiger partial charge in [0.25, 0.3) is 0 Å². The van der Waals surface area contributed by atoms with E-state index >= 15 is 0 Å². The lowest BCUT2D eigenvalue weighted by molar-refractivity contribution is 0.213. The molecule has 0 aromatic carbocycles. The van der Waals surface area contributed by atoms with Gasteiger partial charge in [0.15, 0.2) is 0 Å². The summed E-state index contributed by atoms with van der Waals surface area (Å²) in [5.74, 6) is 7.32. The van der Waals surface area contributed by atoms with Crippen molar-refractivity contribution in [2.24, 2.45) is 17.7 Å². The van der Waals surface area contributed by atoms with Gasteiger partial charge >= 0.3 is 0 Å². The molecule has 0 bridgehead atoms. The third-order valence-corrected chi connectivity index (χ3v) is 4.41. The van der Waals surface area contributed by atoms with Crippen molar-refractivity contribution in [3.8, 4) is 0 Å². The van der Waals surface area contributed by atoms with Crippen LogP contribution in [0.15, 0.2) is 23.0 Å². The fourth-order valence-electron chi connectivity index (χ4n) is 3.26. The van der Waals surface area contributed by atoms with Crippen LogP contribution in [0.1, 0.15) is 63.5 Å². The summed E-state index contributed by atoms with van der Waals surface area (Å²) in [5, 5.41) is 0. The van der Waals surface area contributed by atoms with Crippen LogP contribution in [0.5, 0.6) is 0 Å². The lowest BCUT2D eigenvalue weighted by Crippen LogP contribution is -2.35. The fraction of sp³-hybridized carbons (Fsp3) is 0.733. The van der Waals surface area contributed by atoms with Crippen LogP contribution in [0, 0.1) is 11.8 Å². The second-order valence-electron chi connectivity index (χ2n) is 5.62. The SMILES string of the molecule is CCCCC1CCC(C(NN)c2ccoc2)CC1. The summed E-state index contributed by atoms with van der Waals surface area (Å²) in [7, 11) is 0. The van der Waals surface area contributed by atoms with Gasteiger partial charge in [0, 0.05) is 5.56 Å². The van der Waals surface area contributed by atoms with Gasteiger partial charge in [-0.05, 0) is 30.7 Å². The van der Waals surface area contributed by atoms with E-state index in [2.05, 4.69) is 12.3 Å². The molecule has 1 aliphatic rings. The molecule has 2 rings (SSSR count). The van der Waals surface area contributed by atoms with E-state index in [1.165, 1.54) is 50.5 Å². The zero-order valence-electron chi connectivity index (χ0n) is 11.4. The van der Waals surface area contributed by atoms with Gasteiger partial charge in [-0.3, -0.25) is 11.3 Å². The van der Waals surface area contributed by atoms with E-state index in [0.717, 1.165) is 5.92 Å². The van der Waals surface area contributed by atoms with Crippen molar-refractivity contribution < 1.29 is 4.42 Å². The Morgan fingerprint density at radius 2 is 2.17 bits per heavy atom. The summed E-state index contributed by atoms with van der Waals surface area (Å²) in [6.45, 7) is 2.28. The predicted octanol–water partition coefficient (Wildman–Crippen LogP) is 3.78. The monoisotopic (exact) mass is 250 g/mol. The summed E-state index contributed by atoms with van der Waals surface area (Å²) in [6.07, 6.45) is 13.0. The lowest BCUT2D eigenvalue weighted by Gasteiger charge is -2.33. The number of nitrogens with two attached hydrogens (primary N) is 1. The van der Waals surface area contributed by atoms with Crippen molar-refractivity contribution in [1.82, 2.24) is 5.43 Å². The van der Waals surface area contributed by atoms with Crippen molar-refractivity contribution in [3.05, 3.63) is 24.2 Å². The smallest absolute Gasteiger partial charge is 0.0950 e. The molecule has 1 unspecified atom stereocenters. The van der Waals surface area contributed by atoms with Gasteiger partial charge in [-0.1, -0.05) is 39.0 Å². The van der Waals surface area contributed by atoms with E-state index in [1.54, 1.807) is 6.26 Å². The zero-order valence-corrected chi connectivity index (χ0v) is 11.4. The minimum absolute atomic E-state index is 0.260. The second kappa shape index (κ2) is 6.95. The Morgan fingerprint density at radius 3 is 2.72 bits per heavy atom. The Kier molecular flexibility index (Phi) is 5.26. The molecule has 0 aliphatic heterocycles. The molecule has 1 atom stereocenters. The summed E-state index contributed by atoms with van der Waals surface area (Å²) >= 11 is 0. The van der Waals surface area contributed by atoms with Crippen LogP contribution in [0.4, 0.5) is 0 Å². The Bertz CT molecular complexity index is 315. The molecule has 1 aliphatic carbocycles. The molecule has 1 saturated carbocycles. The standard InChI is InChI=1S/C15H26N2O/c1-2-3-4-12-5-7-13(8-6-12)15(17-16)14-9-10-18-11-14/h9-13,15,17H,2-8,16H2,1H3. The molecule has 3 N–H and O–H groups in total. The minimum atomic E-state index is 0.260. The average molecular weight is 250 g/mol. The largest absolute Gasteiger partial charge is 0.472 e. The van der Waals surface area contributed by atoms with Crippen LogP contribution in [0.2, 0.25) is 0 Å². The molecule has 0 saturated heterocycles. The first-order valence-corrected chi connectivity index (χ1v) is 7.33. The first kappa shape index (κ1) is 13.6. The number of hydrazine groups is 1. The van der Waals surface area contributed by atoms with Crippen LogP contribution >= 0.6 is 0 Å². The highest BCUT2D eigenvalue weighted by Gasteiger charge is 2.28. The Balaban J connectivity index is 1.84. The van der Waals surface area contributed by atoms with E-state index < -0.39 is 0 Å². The van der Waals surface area contributed by atoms with Crippen molar-refractivity contribution in [2.75, 3.05) is 0 Å². The average Bonchev–Trinajstić information content (AvgIpc) is 2.93. The first-order valence-electron chi connectivity index (χ1n) is 7.33. The van der Waals surface area contributed by atoms with Gasteiger partial charge in [0.05, 0.1) is 18.6 Å². The Hall–Kier alpha value is -0.800. The molecule has 3 heteroatoms. The van der Waals surface area contributed by atoms with Crippen molar-refractivity contribution in [1.29, 1.82) is 0 Å². The maximum atomic E-state index is 5.72. The van der Waals surface area contributed by atoms with Gasteiger partial charge in [-0.2, -0.15) is 0 Å². The number of rotatable bonds is 6. The highest BCUT2D eigenvalue weighted by Crippen LogP contribution is 2.38. The summed E-state index contributed by atoms with van der Waals surface area (Å²) < 4.78 is 5.17. The quantitative estimate of drug-likeness (QED) is 0.596. The van der Waals surface area contributed by atoms with E-state index in [0.29, 0.717) is 5.92 Å². The zero-order chi connectivity index (χ0) is 12.8. The number of hydrogen-bond acceptors (Lipinski definition) is 3. The lowest BCUT2D eigenvalue weighted by atomic mass is 9.76. The van der Waals surface area contributed by atoms with E-state index in [4.69, 9.17) is 10.3 Å². The van der Waals surface area contributed by atoms with Gasteiger partial charge in [0.2, 0.25) is 0 Å². The highest BCUT2D eigenvalue weighted by molar-refractivity contribution is 5.12. The molecule has 102 valence electrons. The van der Waals surface area contributed by atoms with Crippen molar-refractivity contribution >= 4 is 0 Å². The first-order chi connectivity index (χ1) is 8.85. The maximum absolute atomic E-state index is 5.72. The molecule has 1 aromatic rings. The summed E-state index contributed by atoms with van der Waals surface area (Å²) in [6, 6.07) is 2.28. The Morgan fingerprint density at radius 1 is 1.39 bits per heavy atom. The van der Waals surface area contributed by atoms with Crippen molar-refractivity contribution in [2.45, 2.75) is 57.9 Å². The predicted molar refractivity (Wildman–Crippen MR) is 73.7 cm³/mol. The van der Waals surface area contributed by atoms with E-state index in [9.17, 15) is 0 Å². The third-order valence-electron chi connectivity index (χ3n) is 4.41. The number of hydrogen-bond donors (Lipinski definition) is 2. The summed E-state index contributed by atoms with van der Waals surface area (Å²) in [5.41, 5.74) is 4.16. The Labute approximate surface area is 110 Å². The number of unbranched alkanes of at least 4 members (excludes halogenated alkanes) is 1. The molecule has 0 radical (unpaired) electrons. The molecule has 0 amide bonds. The van der Waals surface area contributed by atoms with E-state index in [1.807, 2.05) is 12.3 Å². The second-order valence-corrected chi connectivity index (χ2v) is 5.62. The minimum Gasteiger partial charge on any atom is -0.472 e. The van der Waals surface area contributed by atoms with Gasteiger partial charge in [0.1, 0.15) is 0 Å². The molecule has 0 spiro atoms. The van der Waals surface area contributed by atoms with Crippen LogP contribution < -0.4 is 11.3 Å². The van der Waals surface area contributed by atoms with Crippen LogP contribution in [0.3, 0.4) is 0 Å². The molecule has 1 aromatic heterocycles. The summed E-state index contributed by atoms with van der Waals surface area (Å²) in [4.78, 5) is 0. The highest BCUT2D eigenvalue weighted by atomic mass is 16.3. The number of furan rings is 1. The van der Waals surface area contributed by atoms with Gasteiger partial charge in [-0.25, -0.2) is 0 Å². The third kappa shape index (κ3) is 3.36. The normalized spacial score (nSPS) is 26.1. The van der Waals surface area contributed by atoms with Gasteiger partial charge < -0.3 is 4.42 Å². The fourth-order valence-corrected chi connectivity index (χ4v) is 3.26. The molecule has 3 nitrogen and oxygen atoms in total. The molecule has 18 heavy (non-hydrogen) atoms. The topological polar surface area (TPSA) is 51.2 Å².